The van der Waals surface area contributed by atoms with E-state index in [-0.39, 0.29) is 12.3 Å². The van der Waals surface area contributed by atoms with Crippen LogP contribution < -0.4 is 5.32 Å². The first-order chi connectivity index (χ1) is 8.13. The minimum Gasteiger partial charge on any atom is -0.354 e. The Hall–Kier alpha value is -0.980. The molecule has 0 aliphatic rings. The molecule has 98 valence electrons. The van der Waals surface area contributed by atoms with Crippen LogP contribution in [-0.2, 0) is 15.9 Å². The Labute approximate surface area is 102 Å². The molecule has 17 heavy (non-hydrogen) atoms. The standard InChI is InChI=1S/C11H22N4O2/c1-8(2)15-10(13-7-14-15)6-9(12-3)11(16-4)17-5/h7-9,11-12H,6H2,1-5H3. The van der Waals surface area contributed by atoms with Gasteiger partial charge in [0.1, 0.15) is 12.2 Å². The van der Waals surface area contributed by atoms with Crippen LogP contribution >= 0.6 is 0 Å². The van der Waals surface area contributed by atoms with E-state index in [0.29, 0.717) is 12.5 Å². The summed E-state index contributed by atoms with van der Waals surface area (Å²) in [6.07, 6.45) is 2.00. The van der Waals surface area contributed by atoms with Crippen molar-refractivity contribution in [2.75, 3.05) is 21.3 Å². The van der Waals surface area contributed by atoms with E-state index in [1.54, 1.807) is 20.5 Å². The maximum atomic E-state index is 5.26. The van der Waals surface area contributed by atoms with E-state index in [9.17, 15) is 0 Å². The van der Waals surface area contributed by atoms with E-state index in [1.807, 2.05) is 11.7 Å². The van der Waals surface area contributed by atoms with Gasteiger partial charge in [-0.15, -0.1) is 0 Å². The van der Waals surface area contributed by atoms with Crippen molar-refractivity contribution in [1.29, 1.82) is 0 Å². The molecule has 1 rings (SSSR count). The fourth-order valence-corrected chi connectivity index (χ4v) is 1.81. The first-order valence-electron chi connectivity index (χ1n) is 5.75. The second kappa shape index (κ2) is 6.68. The van der Waals surface area contributed by atoms with Crippen molar-refractivity contribution in [3.05, 3.63) is 12.2 Å². The lowest BCUT2D eigenvalue weighted by Crippen LogP contribution is -2.42. The molecule has 0 bridgehead atoms. The van der Waals surface area contributed by atoms with Crippen molar-refractivity contribution >= 4 is 0 Å². The normalized spacial score (nSPS) is 13.6. The summed E-state index contributed by atoms with van der Waals surface area (Å²) in [5, 5.41) is 7.39. The maximum absolute atomic E-state index is 5.26. The van der Waals surface area contributed by atoms with Crippen LogP contribution in [0.1, 0.15) is 25.7 Å². The summed E-state index contributed by atoms with van der Waals surface area (Å²) in [7, 11) is 5.14. The van der Waals surface area contributed by atoms with Gasteiger partial charge in [-0.25, -0.2) is 9.67 Å². The van der Waals surface area contributed by atoms with Gasteiger partial charge in [-0.05, 0) is 20.9 Å². The average Bonchev–Trinajstić information content (AvgIpc) is 2.77. The Balaban J connectivity index is 2.76. The third kappa shape index (κ3) is 3.49. The summed E-state index contributed by atoms with van der Waals surface area (Å²) in [5.74, 6) is 0.929. The topological polar surface area (TPSA) is 61.2 Å². The molecule has 0 radical (unpaired) electrons. The second-order valence-electron chi connectivity index (χ2n) is 4.15. The van der Waals surface area contributed by atoms with Crippen molar-refractivity contribution in [1.82, 2.24) is 20.1 Å². The van der Waals surface area contributed by atoms with E-state index in [0.717, 1.165) is 5.82 Å². The molecule has 0 aliphatic heterocycles. The van der Waals surface area contributed by atoms with Crippen molar-refractivity contribution in [2.45, 2.75) is 38.6 Å². The molecule has 1 heterocycles. The summed E-state index contributed by atoms with van der Waals surface area (Å²) >= 11 is 0. The van der Waals surface area contributed by atoms with Gasteiger partial charge in [-0.2, -0.15) is 5.10 Å². The van der Waals surface area contributed by atoms with Crippen molar-refractivity contribution < 1.29 is 9.47 Å². The molecule has 1 atom stereocenters. The highest BCUT2D eigenvalue weighted by Gasteiger charge is 2.22. The third-order valence-corrected chi connectivity index (χ3v) is 2.70. The van der Waals surface area contributed by atoms with E-state index < -0.39 is 0 Å². The van der Waals surface area contributed by atoms with Crippen LogP contribution in [0.15, 0.2) is 6.33 Å². The highest BCUT2D eigenvalue weighted by molar-refractivity contribution is 4.92. The first kappa shape index (κ1) is 14.1. The first-order valence-corrected chi connectivity index (χ1v) is 5.75. The van der Waals surface area contributed by atoms with Crippen LogP contribution in [0, 0.1) is 0 Å². The zero-order valence-corrected chi connectivity index (χ0v) is 11.2. The number of hydrogen-bond acceptors (Lipinski definition) is 5. The molecule has 6 nitrogen and oxygen atoms in total. The predicted octanol–water partition coefficient (Wildman–Crippen LogP) is 0.608. The van der Waals surface area contributed by atoms with Gasteiger partial charge in [0.15, 0.2) is 6.29 Å². The van der Waals surface area contributed by atoms with Crippen LogP contribution in [0.4, 0.5) is 0 Å². The number of rotatable bonds is 7. The summed E-state index contributed by atoms with van der Waals surface area (Å²) in [5.41, 5.74) is 0. The number of aromatic nitrogens is 3. The molecule has 1 aromatic heterocycles. The highest BCUT2D eigenvalue weighted by atomic mass is 16.7. The minimum atomic E-state index is -0.294. The number of nitrogens with one attached hydrogen (secondary N) is 1. The lowest BCUT2D eigenvalue weighted by Gasteiger charge is -2.24. The van der Waals surface area contributed by atoms with Crippen LogP contribution in [-0.4, -0.2) is 48.4 Å². The lowest BCUT2D eigenvalue weighted by molar-refractivity contribution is -0.121. The summed E-state index contributed by atoms with van der Waals surface area (Å²) in [4.78, 5) is 4.28. The smallest absolute Gasteiger partial charge is 0.172 e. The fraction of sp³-hybridized carbons (Fsp3) is 0.818. The van der Waals surface area contributed by atoms with Gasteiger partial charge in [0.2, 0.25) is 0 Å². The average molecular weight is 242 g/mol. The number of hydrogen-bond donors (Lipinski definition) is 1. The lowest BCUT2D eigenvalue weighted by atomic mass is 10.2. The Kier molecular flexibility index (Phi) is 5.54. The zero-order chi connectivity index (χ0) is 12.8. The number of methoxy groups -OCH3 is 2. The molecule has 0 amide bonds. The maximum Gasteiger partial charge on any atom is 0.172 e. The Morgan fingerprint density at radius 3 is 2.47 bits per heavy atom. The zero-order valence-electron chi connectivity index (χ0n) is 11.2. The molecular formula is C11H22N4O2. The molecule has 6 heteroatoms. The van der Waals surface area contributed by atoms with Gasteiger partial charge in [-0.1, -0.05) is 0 Å². The molecule has 0 spiro atoms. The fourth-order valence-electron chi connectivity index (χ4n) is 1.81. The molecule has 1 aromatic rings. The molecule has 0 aromatic carbocycles. The van der Waals surface area contributed by atoms with E-state index in [2.05, 4.69) is 29.2 Å². The van der Waals surface area contributed by atoms with E-state index >= 15 is 0 Å². The van der Waals surface area contributed by atoms with Crippen molar-refractivity contribution in [3.8, 4) is 0 Å². The van der Waals surface area contributed by atoms with E-state index in [4.69, 9.17) is 9.47 Å². The van der Waals surface area contributed by atoms with E-state index in [1.165, 1.54) is 0 Å². The SMILES string of the molecule is CNC(Cc1ncnn1C(C)C)C(OC)OC. The predicted molar refractivity (Wildman–Crippen MR) is 64.8 cm³/mol. The van der Waals surface area contributed by atoms with Gasteiger partial charge in [0.05, 0.1) is 6.04 Å². The largest absolute Gasteiger partial charge is 0.354 e. The van der Waals surface area contributed by atoms with Gasteiger partial charge >= 0.3 is 0 Å². The number of ether oxygens (including phenoxy) is 2. The second-order valence-corrected chi connectivity index (χ2v) is 4.15. The third-order valence-electron chi connectivity index (χ3n) is 2.70. The van der Waals surface area contributed by atoms with Gasteiger partial charge in [-0.3, -0.25) is 0 Å². The van der Waals surface area contributed by atoms with Crippen LogP contribution in [0.3, 0.4) is 0 Å². The summed E-state index contributed by atoms with van der Waals surface area (Å²) < 4.78 is 12.4. The monoisotopic (exact) mass is 242 g/mol. The molecule has 1 N–H and O–H groups in total. The Morgan fingerprint density at radius 1 is 1.35 bits per heavy atom. The van der Waals surface area contributed by atoms with Gasteiger partial charge < -0.3 is 14.8 Å². The van der Waals surface area contributed by atoms with Crippen LogP contribution in [0.25, 0.3) is 0 Å². The Bertz CT molecular complexity index is 323. The minimum absolute atomic E-state index is 0.0479. The van der Waals surface area contributed by atoms with Gasteiger partial charge in [0.25, 0.3) is 0 Å². The molecule has 0 aliphatic carbocycles. The number of likely N-dealkylation sites (N-methyl/N-ethyl adjacent to an activating group) is 1. The van der Waals surface area contributed by atoms with Gasteiger partial charge in [0, 0.05) is 26.7 Å². The highest BCUT2D eigenvalue weighted by Crippen LogP contribution is 2.10. The molecule has 0 fully saturated rings. The van der Waals surface area contributed by atoms with Crippen molar-refractivity contribution in [2.24, 2.45) is 0 Å². The molecule has 0 saturated heterocycles. The van der Waals surface area contributed by atoms with Crippen LogP contribution in [0.2, 0.25) is 0 Å². The quantitative estimate of drug-likeness (QED) is 0.710. The molecular weight excluding hydrogens is 220 g/mol. The number of nitrogens with zero attached hydrogens (tertiary/aromatic N) is 3. The molecule has 1 unspecified atom stereocenters. The molecule has 0 saturated carbocycles. The summed E-state index contributed by atoms with van der Waals surface area (Å²) in [6, 6.07) is 0.347. The Morgan fingerprint density at radius 2 is 2.00 bits per heavy atom. The van der Waals surface area contributed by atoms with Crippen LogP contribution in [0.5, 0.6) is 0 Å². The summed E-state index contributed by atoms with van der Waals surface area (Å²) in [6.45, 7) is 4.16. The van der Waals surface area contributed by atoms with Crippen molar-refractivity contribution in [3.63, 3.8) is 0 Å².